The Morgan fingerprint density at radius 3 is 2.68 bits per heavy atom. The topological polar surface area (TPSA) is 30.5 Å². The van der Waals surface area contributed by atoms with Gasteiger partial charge in [0.1, 0.15) is 0 Å². The van der Waals surface area contributed by atoms with E-state index in [1.165, 1.54) is 5.56 Å². The molecule has 0 spiro atoms. The van der Waals surface area contributed by atoms with E-state index in [4.69, 9.17) is 9.47 Å². The molecular formula is C15H22BrNO2. The van der Waals surface area contributed by atoms with Gasteiger partial charge in [-0.1, -0.05) is 20.8 Å². The van der Waals surface area contributed by atoms with Crippen LogP contribution in [0.5, 0.6) is 11.5 Å². The third-order valence-corrected chi connectivity index (χ3v) is 3.44. The van der Waals surface area contributed by atoms with Gasteiger partial charge in [0, 0.05) is 19.5 Å². The third-order valence-electron chi connectivity index (χ3n) is 2.85. The van der Waals surface area contributed by atoms with Gasteiger partial charge in [0.2, 0.25) is 0 Å². The first-order valence-electron chi connectivity index (χ1n) is 6.74. The van der Waals surface area contributed by atoms with Gasteiger partial charge in [-0.25, -0.2) is 0 Å². The van der Waals surface area contributed by atoms with E-state index in [0.29, 0.717) is 12.0 Å². The normalized spacial score (nSPS) is 15.2. The van der Waals surface area contributed by atoms with Gasteiger partial charge in [-0.15, -0.1) is 0 Å². The summed E-state index contributed by atoms with van der Waals surface area (Å²) in [5, 5.41) is 3.47. The molecular weight excluding hydrogens is 306 g/mol. The largest absolute Gasteiger partial charge is 0.490 e. The zero-order chi connectivity index (χ0) is 13.9. The lowest BCUT2D eigenvalue weighted by Crippen LogP contribution is -2.26. The first kappa shape index (κ1) is 14.7. The minimum Gasteiger partial charge on any atom is -0.490 e. The molecule has 0 bridgehead atoms. The Hall–Kier alpha value is -0.740. The second-order valence-electron chi connectivity index (χ2n) is 6.12. The van der Waals surface area contributed by atoms with Crippen molar-refractivity contribution in [3.63, 3.8) is 0 Å². The van der Waals surface area contributed by atoms with Gasteiger partial charge in [-0.05, 0) is 39.0 Å². The summed E-state index contributed by atoms with van der Waals surface area (Å²) in [6.45, 7) is 9.94. The van der Waals surface area contributed by atoms with Crippen molar-refractivity contribution in [3.05, 3.63) is 22.2 Å². The van der Waals surface area contributed by atoms with Crippen LogP contribution in [-0.4, -0.2) is 19.8 Å². The minimum atomic E-state index is 0.294. The van der Waals surface area contributed by atoms with E-state index < -0.39 is 0 Å². The highest BCUT2D eigenvalue weighted by molar-refractivity contribution is 9.10. The lowest BCUT2D eigenvalue weighted by molar-refractivity contribution is 0.296. The van der Waals surface area contributed by atoms with Crippen molar-refractivity contribution in [2.24, 2.45) is 5.41 Å². The van der Waals surface area contributed by atoms with Crippen molar-refractivity contribution >= 4 is 15.9 Å². The van der Waals surface area contributed by atoms with E-state index in [9.17, 15) is 0 Å². The second-order valence-corrected chi connectivity index (χ2v) is 6.97. The number of hydrogen-bond donors (Lipinski definition) is 1. The van der Waals surface area contributed by atoms with Crippen LogP contribution in [-0.2, 0) is 6.54 Å². The van der Waals surface area contributed by atoms with Crippen molar-refractivity contribution in [2.45, 2.75) is 33.7 Å². The highest BCUT2D eigenvalue weighted by Gasteiger charge is 2.15. The molecule has 0 radical (unpaired) electrons. The Morgan fingerprint density at radius 1 is 1.21 bits per heavy atom. The predicted molar refractivity (Wildman–Crippen MR) is 80.9 cm³/mol. The molecule has 1 aliphatic heterocycles. The monoisotopic (exact) mass is 327 g/mol. The molecule has 0 aliphatic carbocycles. The van der Waals surface area contributed by atoms with Gasteiger partial charge >= 0.3 is 0 Å². The number of halogens is 1. The summed E-state index contributed by atoms with van der Waals surface area (Å²) in [5.74, 6) is 1.68. The van der Waals surface area contributed by atoms with Gasteiger partial charge in [-0.3, -0.25) is 0 Å². The van der Waals surface area contributed by atoms with Crippen LogP contribution in [0.1, 0.15) is 32.8 Å². The van der Waals surface area contributed by atoms with Crippen LogP contribution in [0.15, 0.2) is 16.6 Å². The van der Waals surface area contributed by atoms with E-state index in [1.807, 2.05) is 0 Å². The summed E-state index contributed by atoms with van der Waals surface area (Å²) in [7, 11) is 0. The maximum atomic E-state index is 5.73. The molecule has 1 N–H and O–H groups in total. The first-order valence-corrected chi connectivity index (χ1v) is 7.54. The third kappa shape index (κ3) is 4.39. The summed E-state index contributed by atoms with van der Waals surface area (Å²) in [6, 6.07) is 4.17. The van der Waals surface area contributed by atoms with E-state index in [-0.39, 0.29) is 0 Å². The summed E-state index contributed by atoms with van der Waals surface area (Å²) in [5.41, 5.74) is 1.50. The van der Waals surface area contributed by atoms with Crippen LogP contribution in [0.25, 0.3) is 0 Å². The molecule has 4 heteroatoms. The number of ether oxygens (including phenoxy) is 2. The molecule has 3 nitrogen and oxygen atoms in total. The van der Waals surface area contributed by atoms with Gasteiger partial charge < -0.3 is 14.8 Å². The minimum absolute atomic E-state index is 0.294. The van der Waals surface area contributed by atoms with Crippen molar-refractivity contribution in [2.75, 3.05) is 19.8 Å². The fourth-order valence-electron chi connectivity index (χ4n) is 1.97. The van der Waals surface area contributed by atoms with Crippen molar-refractivity contribution < 1.29 is 9.47 Å². The summed E-state index contributed by atoms with van der Waals surface area (Å²) in [6.07, 6.45) is 0.929. The molecule has 0 saturated heterocycles. The van der Waals surface area contributed by atoms with Crippen LogP contribution >= 0.6 is 15.9 Å². The number of nitrogens with one attached hydrogen (secondary N) is 1. The summed E-state index contributed by atoms with van der Waals surface area (Å²) < 4.78 is 12.4. The molecule has 0 unspecified atom stereocenters. The van der Waals surface area contributed by atoms with Crippen molar-refractivity contribution in [1.29, 1.82) is 0 Å². The van der Waals surface area contributed by atoms with Gasteiger partial charge in [-0.2, -0.15) is 0 Å². The van der Waals surface area contributed by atoms with Gasteiger partial charge in [0.15, 0.2) is 11.5 Å². The van der Waals surface area contributed by atoms with E-state index in [0.717, 1.165) is 42.1 Å². The number of benzene rings is 1. The Kier molecular flexibility index (Phi) is 4.74. The van der Waals surface area contributed by atoms with Crippen molar-refractivity contribution in [1.82, 2.24) is 5.32 Å². The Labute approximate surface area is 123 Å². The summed E-state index contributed by atoms with van der Waals surface area (Å²) in [4.78, 5) is 0. The van der Waals surface area contributed by atoms with Crippen LogP contribution in [0.3, 0.4) is 0 Å². The van der Waals surface area contributed by atoms with E-state index in [2.05, 4.69) is 54.2 Å². The fourth-order valence-corrected chi connectivity index (χ4v) is 2.57. The van der Waals surface area contributed by atoms with E-state index >= 15 is 0 Å². The van der Waals surface area contributed by atoms with Gasteiger partial charge in [0.05, 0.1) is 17.7 Å². The molecule has 0 amide bonds. The van der Waals surface area contributed by atoms with Crippen LogP contribution in [0, 0.1) is 5.41 Å². The lowest BCUT2D eigenvalue weighted by Gasteiger charge is -2.19. The standard InChI is InChI=1S/C15H22BrNO2/c1-15(2,3)10-17-9-11-7-12(16)14-13(8-11)18-5-4-6-19-14/h7-8,17H,4-6,9-10H2,1-3H3. The number of hydrogen-bond acceptors (Lipinski definition) is 3. The second kappa shape index (κ2) is 6.14. The molecule has 19 heavy (non-hydrogen) atoms. The highest BCUT2D eigenvalue weighted by Crippen LogP contribution is 2.38. The van der Waals surface area contributed by atoms with Crippen LogP contribution in [0.2, 0.25) is 0 Å². The summed E-state index contributed by atoms with van der Waals surface area (Å²) >= 11 is 3.57. The molecule has 1 aromatic rings. The highest BCUT2D eigenvalue weighted by atomic mass is 79.9. The maximum Gasteiger partial charge on any atom is 0.175 e. The Bertz CT molecular complexity index is 441. The number of fused-ring (bicyclic) bond motifs is 1. The molecule has 1 aromatic carbocycles. The molecule has 1 aliphatic rings. The number of rotatable bonds is 3. The molecule has 0 atom stereocenters. The molecule has 1 heterocycles. The zero-order valence-electron chi connectivity index (χ0n) is 11.9. The SMILES string of the molecule is CC(C)(C)CNCc1cc(Br)c2c(c1)OCCCO2. The molecule has 0 fully saturated rings. The van der Waals surface area contributed by atoms with Crippen LogP contribution in [0.4, 0.5) is 0 Å². The van der Waals surface area contributed by atoms with E-state index in [1.54, 1.807) is 0 Å². The average molecular weight is 328 g/mol. The maximum absolute atomic E-state index is 5.73. The average Bonchev–Trinajstić information content (AvgIpc) is 2.52. The molecule has 0 aromatic heterocycles. The molecule has 2 rings (SSSR count). The van der Waals surface area contributed by atoms with Crippen LogP contribution < -0.4 is 14.8 Å². The predicted octanol–water partition coefficient (Wildman–Crippen LogP) is 3.75. The van der Waals surface area contributed by atoms with Gasteiger partial charge in [0.25, 0.3) is 0 Å². The zero-order valence-corrected chi connectivity index (χ0v) is 13.5. The molecule has 106 valence electrons. The first-order chi connectivity index (χ1) is 8.96. The Morgan fingerprint density at radius 2 is 1.95 bits per heavy atom. The smallest absolute Gasteiger partial charge is 0.175 e. The lowest BCUT2D eigenvalue weighted by atomic mass is 9.97. The quantitative estimate of drug-likeness (QED) is 0.917. The molecule has 0 saturated carbocycles. The van der Waals surface area contributed by atoms with Crippen molar-refractivity contribution in [3.8, 4) is 11.5 Å². The Balaban J connectivity index is 2.06. The fraction of sp³-hybridized carbons (Fsp3) is 0.600.